The number of nitrogens with zero attached hydrogens (tertiary/aromatic N) is 1. The fourth-order valence-corrected chi connectivity index (χ4v) is 3.14. The molecule has 1 aliphatic rings. The van der Waals surface area contributed by atoms with Crippen LogP contribution in [0.2, 0.25) is 0 Å². The van der Waals surface area contributed by atoms with Gasteiger partial charge in [0.25, 0.3) is 0 Å². The quantitative estimate of drug-likeness (QED) is 0.856. The first-order valence-corrected chi connectivity index (χ1v) is 8.28. The maximum Gasteiger partial charge on any atom is 0.223 e. The van der Waals surface area contributed by atoms with E-state index < -0.39 is 0 Å². The van der Waals surface area contributed by atoms with E-state index >= 15 is 0 Å². The Morgan fingerprint density at radius 1 is 1.39 bits per heavy atom. The minimum absolute atomic E-state index is 0. The SMILES string of the molecule is CNCCC1CCN(C(=O)CC(C)c2cccc(F)c2)CC1.Cl. The van der Waals surface area contributed by atoms with Gasteiger partial charge in [-0.1, -0.05) is 19.1 Å². The predicted molar refractivity (Wildman–Crippen MR) is 94.5 cm³/mol. The van der Waals surface area contributed by atoms with Crippen LogP contribution in [0.15, 0.2) is 24.3 Å². The fourth-order valence-electron chi connectivity index (χ4n) is 3.14. The Morgan fingerprint density at radius 2 is 2.09 bits per heavy atom. The summed E-state index contributed by atoms with van der Waals surface area (Å²) in [5.41, 5.74) is 0.900. The summed E-state index contributed by atoms with van der Waals surface area (Å²) in [7, 11) is 1.98. The van der Waals surface area contributed by atoms with E-state index in [4.69, 9.17) is 0 Å². The molecule has 0 spiro atoms. The van der Waals surface area contributed by atoms with E-state index in [0.29, 0.717) is 6.42 Å². The average molecular weight is 343 g/mol. The number of likely N-dealkylation sites (tertiary alicyclic amines) is 1. The Hall–Kier alpha value is -1.13. The summed E-state index contributed by atoms with van der Waals surface area (Å²) < 4.78 is 13.3. The summed E-state index contributed by atoms with van der Waals surface area (Å²) in [6.07, 6.45) is 3.85. The average Bonchev–Trinajstić information content (AvgIpc) is 2.53. The van der Waals surface area contributed by atoms with Gasteiger partial charge >= 0.3 is 0 Å². The van der Waals surface area contributed by atoms with Crippen molar-refractivity contribution in [1.29, 1.82) is 0 Å². The molecule has 1 aliphatic heterocycles. The van der Waals surface area contributed by atoms with E-state index in [-0.39, 0.29) is 30.0 Å². The zero-order valence-electron chi connectivity index (χ0n) is 14.1. The molecule has 3 nitrogen and oxygen atoms in total. The molecule has 0 saturated carbocycles. The van der Waals surface area contributed by atoms with Crippen LogP contribution in [0.1, 0.15) is 44.1 Å². The summed E-state index contributed by atoms with van der Waals surface area (Å²) >= 11 is 0. The van der Waals surface area contributed by atoms with Gasteiger partial charge in [-0.3, -0.25) is 4.79 Å². The normalized spacial score (nSPS) is 16.7. The molecule has 2 rings (SSSR count). The van der Waals surface area contributed by atoms with E-state index in [1.165, 1.54) is 18.6 Å². The highest BCUT2D eigenvalue weighted by Gasteiger charge is 2.23. The molecular weight excluding hydrogens is 315 g/mol. The van der Waals surface area contributed by atoms with Crippen LogP contribution in [0.25, 0.3) is 0 Å². The van der Waals surface area contributed by atoms with Crippen LogP contribution < -0.4 is 5.32 Å². The molecule has 1 saturated heterocycles. The van der Waals surface area contributed by atoms with E-state index in [1.807, 2.05) is 24.9 Å². The lowest BCUT2D eigenvalue weighted by Crippen LogP contribution is -2.39. The number of carbonyl (C=O) groups is 1. The third-order valence-corrected chi connectivity index (χ3v) is 4.67. The van der Waals surface area contributed by atoms with Gasteiger partial charge in [-0.15, -0.1) is 12.4 Å². The number of piperidine rings is 1. The van der Waals surface area contributed by atoms with Crippen LogP contribution in [0.3, 0.4) is 0 Å². The molecule has 1 amide bonds. The number of hydrogen-bond acceptors (Lipinski definition) is 2. The first kappa shape index (κ1) is 19.9. The van der Waals surface area contributed by atoms with Crippen molar-refractivity contribution in [2.75, 3.05) is 26.7 Å². The van der Waals surface area contributed by atoms with Gasteiger partial charge in [0.15, 0.2) is 0 Å². The molecule has 0 aromatic heterocycles. The number of nitrogens with one attached hydrogen (secondary N) is 1. The van der Waals surface area contributed by atoms with Gasteiger partial charge in [0.1, 0.15) is 5.82 Å². The van der Waals surface area contributed by atoms with Gasteiger partial charge in [0.2, 0.25) is 5.91 Å². The zero-order valence-corrected chi connectivity index (χ0v) is 14.9. The Labute approximate surface area is 145 Å². The van der Waals surface area contributed by atoms with Crippen molar-refractivity contribution < 1.29 is 9.18 Å². The number of halogens is 2. The van der Waals surface area contributed by atoms with Gasteiger partial charge in [-0.25, -0.2) is 4.39 Å². The van der Waals surface area contributed by atoms with Crippen molar-refractivity contribution in [3.63, 3.8) is 0 Å². The lowest BCUT2D eigenvalue weighted by atomic mass is 9.92. The predicted octanol–water partition coefficient (Wildman–Crippen LogP) is 3.59. The van der Waals surface area contributed by atoms with Crippen molar-refractivity contribution in [1.82, 2.24) is 10.2 Å². The fraction of sp³-hybridized carbons (Fsp3) is 0.611. The monoisotopic (exact) mass is 342 g/mol. The molecule has 1 N–H and O–H groups in total. The molecule has 5 heteroatoms. The summed E-state index contributed by atoms with van der Waals surface area (Å²) in [5, 5.41) is 3.19. The Morgan fingerprint density at radius 3 is 2.70 bits per heavy atom. The second-order valence-corrected chi connectivity index (χ2v) is 6.38. The van der Waals surface area contributed by atoms with Gasteiger partial charge in [-0.05, 0) is 62.4 Å². The topological polar surface area (TPSA) is 32.3 Å². The molecule has 1 unspecified atom stereocenters. The minimum atomic E-state index is -0.234. The summed E-state index contributed by atoms with van der Waals surface area (Å²) in [4.78, 5) is 14.4. The molecule has 1 aromatic rings. The molecule has 1 atom stereocenters. The van der Waals surface area contributed by atoms with Crippen molar-refractivity contribution in [3.05, 3.63) is 35.6 Å². The summed E-state index contributed by atoms with van der Waals surface area (Å²) in [6.45, 7) is 4.77. The highest BCUT2D eigenvalue weighted by Crippen LogP contribution is 2.24. The maximum atomic E-state index is 13.3. The van der Waals surface area contributed by atoms with Crippen LogP contribution in [0, 0.1) is 11.7 Å². The van der Waals surface area contributed by atoms with Gasteiger partial charge in [0, 0.05) is 19.5 Å². The van der Waals surface area contributed by atoms with E-state index in [2.05, 4.69) is 5.32 Å². The Kier molecular flexibility index (Phi) is 8.56. The second kappa shape index (κ2) is 9.89. The highest BCUT2D eigenvalue weighted by molar-refractivity contribution is 5.85. The number of hydrogen-bond donors (Lipinski definition) is 1. The third kappa shape index (κ3) is 6.11. The molecule has 0 radical (unpaired) electrons. The van der Waals surface area contributed by atoms with Crippen LogP contribution in [-0.4, -0.2) is 37.5 Å². The number of carbonyl (C=O) groups excluding carboxylic acids is 1. The van der Waals surface area contributed by atoms with Crippen LogP contribution in [-0.2, 0) is 4.79 Å². The maximum absolute atomic E-state index is 13.3. The lowest BCUT2D eigenvalue weighted by Gasteiger charge is -2.32. The number of amides is 1. The van der Waals surface area contributed by atoms with E-state index in [0.717, 1.165) is 44.0 Å². The number of benzene rings is 1. The molecule has 23 heavy (non-hydrogen) atoms. The minimum Gasteiger partial charge on any atom is -0.343 e. The second-order valence-electron chi connectivity index (χ2n) is 6.38. The highest BCUT2D eigenvalue weighted by atomic mass is 35.5. The Bertz CT molecular complexity index is 490. The molecule has 1 aromatic carbocycles. The van der Waals surface area contributed by atoms with Gasteiger partial charge in [0.05, 0.1) is 0 Å². The molecule has 1 fully saturated rings. The van der Waals surface area contributed by atoms with Crippen molar-refractivity contribution in [2.45, 2.75) is 38.5 Å². The number of rotatable bonds is 6. The summed E-state index contributed by atoms with van der Waals surface area (Å²) in [5.74, 6) is 0.758. The van der Waals surface area contributed by atoms with Gasteiger partial charge in [-0.2, -0.15) is 0 Å². The first-order valence-electron chi connectivity index (χ1n) is 8.28. The van der Waals surface area contributed by atoms with Crippen molar-refractivity contribution in [2.24, 2.45) is 5.92 Å². The lowest BCUT2D eigenvalue weighted by molar-refractivity contribution is -0.132. The molecule has 0 bridgehead atoms. The molecular formula is C18H28ClFN2O. The first-order chi connectivity index (χ1) is 10.6. The van der Waals surface area contributed by atoms with E-state index in [9.17, 15) is 9.18 Å². The zero-order chi connectivity index (χ0) is 15.9. The van der Waals surface area contributed by atoms with Gasteiger partial charge < -0.3 is 10.2 Å². The van der Waals surface area contributed by atoms with E-state index in [1.54, 1.807) is 6.07 Å². The smallest absolute Gasteiger partial charge is 0.223 e. The van der Waals surface area contributed by atoms with Crippen molar-refractivity contribution >= 4 is 18.3 Å². The van der Waals surface area contributed by atoms with Crippen LogP contribution in [0.4, 0.5) is 4.39 Å². The van der Waals surface area contributed by atoms with Crippen molar-refractivity contribution in [3.8, 4) is 0 Å². The third-order valence-electron chi connectivity index (χ3n) is 4.67. The largest absolute Gasteiger partial charge is 0.343 e. The standard InChI is InChI=1S/C18H27FN2O.ClH/c1-14(16-4-3-5-17(19)13-16)12-18(22)21-10-7-15(8-11-21)6-9-20-2;/h3-5,13-15,20H,6-12H2,1-2H3;1H. The molecule has 0 aliphatic carbocycles. The molecule has 1 heterocycles. The van der Waals surface area contributed by atoms with Crippen LogP contribution in [0.5, 0.6) is 0 Å². The Balaban J connectivity index is 0.00000264. The van der Waals surface area contributed by atoms with Crippen LogP contribution >= 0.6 is 12.4 Å². The summed E-state index contributed by atoms with van der Waals surface area (Å²) in [6, 6.07) is 6.57. The molecule has 130 valence electrons.